The smallest absolute Gasteiger partial charge is 0.305 e. The number of ether oxygens (including phenoxy) is 2. The van der Waals surface area contributed by atoms with Crippen LogP contribution in [-0.4, -0.2) is 25.8 Å². The van der Waals surface area contributed by atoms with Crippen molar-refractivity contribution in [1.82, 2.24) is 0 Å². The van der Waals surface area contributed by atoms with E-state index >= 15 is 0 Å². The Hall–Kier alpha value is -0.570. The number of hydrogen-bond donors (Lipinski definition) is 0. The van der Waals surface area contributed by atoms with Crippen molar-refractivity contribution in [3.05, 3.63) is 0 Å². The van der Waals surface area contributed by atoms with E-state index in [0.717, 1.165) is 6.42 Å². The Morgan fingerprint density at radius 1 is 1.38 bits per heavy atom. The summed E-state index contributed by atoms with van der Waals surface area (Å²) < 4.78 is 10.1. The minimum Gasteiger partial charge on any atom is -0.469 e. The number of carbonyl (C=O) groups excluding carboxylic acids is 1. The highest BCUT2D eigenvalue weighted by Gasteiger charge is 2.14. The van der Waals surface area contributed by atoms with Crippen LogP contribution >= 0.6 is 0 Å². The Labute approximate surface area is 79.4 Å². The van der Waals surface area contributed by atoms with Crippen LogP contribution < -0.4 is 0 Å². The standard InChI is InChI=1S/C10H18O3/c1-12-10(11)7-4-8-13-9-5-2-3-6-9/h9H,2-8H2,1H3. The minimum atomic E-state index is -0.143. The third-order valence-electron chi connectivity index (χ3n) is 2.41. The van der Waals surface area contributed by atoms with Gasteiger partial charge in [-0.3, -0.25) is 4.79 Å². The molecule has 0 aromatic rings. The first-order valence-corrected chi connectivity index (χ1v) is 5.01. The van der Waals surface area contributed by atoms with Crippen LogP contribution in [0.3, 0.4) is 0 Å². The Balaban J connectivity index is 1.91. The lowest BCUT2D eigenvalue weighted by atomic mass is 10.3. The topological polar surface area (TPSA) is 35.5 Å². The van der Waals surface area contributed by atoms with Crippen LogP contribution in [0.4, 0.5) is 0 Å². The molecule has 1 saturated carbocycles. The molecule has 76 valence electrons. The van der Waals surface area contributed by atoms with E-state index in [4.69, 9.17) is 4.74 Å². The molecule has 0 saturated heterocycles. The lowest BCUT2D eigenvalue weighted by molar-refractivity contribution is -0.141. The average molecular weight is 186 g/mol. The van der Waals surface area contributed by atoms with Gasteiger partial charge < -0.3 is 9.47 Å². The molecule has 1 fully saturated rings. The number of carbonyl (C=O) groups is 1. The van der Waals surface area contributed by atoms with Crippen molar-refractivity contribution in [2.24, 2.45) is 0 Å². The van der Waals surface area contributed by atoms with Crippen LogP contribution in [0, 0.1) is 0 Å². The SMILES string of the molecule is COC(=O)CCCOC1CCCC1. The zero-order valence-electron chi connectivity index (χ0n) is 8.25. The zero-order valence-corrected chi connectivity index (χ0v) is 8.25. The molecule has 1 aliphatic rings. The molecule has 0 aliphatic heterocycles. The molecule has 0 amide bonds. The largest absolute Gasteiger partial charge is 0.469 e. The van der Waals surface area contributed by atoms with E-state index < -0.39 is 0 Å². The first-order valence-electron chi connectivity index (χ1n) is 5.01. The van der Waals surface area contributed by atoms with E-state index in [1.54, 1.807) is 0 Å². The molecule has 0 radical (unpaired) electrons. The Kier molecular flexibility index (Phi) is 4.83. The molecule has 0 heterocycles. The van der Waals surface area contributed by atoms with Gasteiger partial charge in [-0.25, -0.2) is 0 Å². The maximum atomic E-state index is 10.7. The molecule has 0 atom stereocenters. The maximum absolute atomic E-state index is 10.7. The summed E-state index contributed by atoms with van der Waals surface area (Å²) in [6.45, 7) is 0.694. The summed E-state index contributed by atoms with van der Waals surface area (Å²) in [6.07, 6.45) is 6.68. The van der Waals surface area contributed by atoms with Crippen molar-refractivity contribution in [3.8, 4) is 0 Å². The molecule has 0 N–H and O–H groups in total. The first kappa shape index (κ1) is 10.5. The number of rotatable bonds is 5. The van der Waals surface area contributed by atoms with Gasteiger partial charge in [0.25, 0.3) is 0 Å². The van der Waals surface area contributed by atoms with Gasteiger partial charge in [-0.2, -0.15) is 0 Å². The highest BCUT2D eigenvalue weighted by Crippen LogP contribution is 2.20. The summed E-state index contributed by atoms with van der Waals surface area (Å²) in [5.41, 5.74) is 0. The van der Waals surface area contributed by atoms with Gasteiger partial charge in [0, 0.05) is 13.0 Å². The molecule has 0 aromatic carbocycles. The third-order valence-corrected chi connectivity index (χ3v) is 2.41. The van der Waals surface area contributed by atoms with Gasteiger partial charge in [0.05, 0.1) is 13.2 Å². The summed E-state index contributed by atoms with van der Waals surface area (Å²) in [6, 6.07) is 0. The summed E-state index contributed by atoms with van der Waals surface area (Å²) in [5, 5.41) is 0. The highest BCUT2D eigenvalue weighted by molar-refractivity contribution is 5.68. The van der Waals surface area contributed by atoms with Gasteiger partial charge in [-0.05, 0) is 19.3 Å². The van der Waals surface area contributed by atoms with Gasteiger partial charge in [0.2, 0.25) is 0 Å². The summed E-state index contributed by atoms with van der Waals surface area (Å²) >= 11 is 0. The molecule has 3 heteroatoms. The van der Waals surface area contributed by atoms with Gasteiger partial charge in [-0.15, -0.1) is 0 Å². The molecule has 0 bridgehead atoms. The number of methoxy groups -OCH3 is 1. The molecule has 3 nitrogen and oxygen atoms in total. The van der Waals surface area contributed by atoms with Crippen LogP contribution in [0.5, 0.6) is 0 Å². The monoisotopic (exact) mass is 186 g/mol. The van der Waals surface area contributed by atoms with Crippen molar-refractivity contribution in [2.45, 2.75) is 44.6 Å². The van der Waals surface area contributed by atoms with Gasteiger partial charge in [0.15, 0.2) is 0 Å². The van der Waals surface area contributed by atoms with E-state index in [1.807, 2.05) is 0 Å². The lowest BCUT2D eigenvalue weighted by Crippen LogP contribution is -2.10. The van der Waals surface area contributed by atoms with Crippen LogP contribution in [0.15, 0.2) is 0 Å². The predicted octanol–water partition coefficient (Wildman–Crippen LogP) is 1.90. The quantitative estimate of drug-likeness (QED) is 0.486. The lowest BCUT2D eigenvalue weighted by Gasteiger charge is -2.09. The van der Waals surface area contributed by atoms with Crippen molar-refractivity contribution >= 4 is 5.97 Å². The summed E-state index contributed by atoms with van der Waals surface area (Å²) in [7, 11) is 1.42. The Morgan fingerprint density at radius 2 is 2.08 bits per heavy atom. The van der Waals surface area contributed by atoms with Crippen molar-refractivity contribution in [2.75, 3.05) is 13.7 Å². The fraction of sp³-hybridized carbons (Fsp3) is 0.900. The normalized spacial score (nSPS) is 17.6. The van der Waals surface area contributed by atoms with E-state index in [1.165, 1.54) is 32.8 Å². The van der Waals surface area contributed by atoms with Crippen LogP contribution in [-0.2, 0) is 14.3 Å². The van der Waals surface area contributed by atoms with Crippen molar-refractivity contribution < 1.29 is 14.3 Å². The number of hydrogen-bond acceptors (Lipinski definition) is 3. The Bertz CT molecular complexity index is 150. The first-order chi connectivity index (χ1) is 6.33. The van der Waals surface area contributed by atoms with Crippen LogP contribution in [0.2, 0.25) is 0 Å². The van der Waals surface area contributed by atoms with Crippen molar-refractivity contribution in [3.63, 3.8) is 0 Å². The second-order valence-electron chi connectivity index (χ2n) is 3.46. The minimum absolute atomic E-state index is 0.143. The molecule has 0 spiro atoms. The fourth-order valence-electron chi connectivity index (χ4n) is 1.62. The molecule has 13 heavy (non-hydrogen) atoms. The molecule has 1 rings (SSSR count). The molecular weight excluding hydrogens is 168 g/mol. The molecule has 0 unspecified atom stereocenters. The number of esters is 1. The summed E-state index contributed by atoms with van der Waals surface area (Å²) in [5.74, 6) is -0.143. The second kappa shape index (κ2) is 5.97. The Morgan fingerprint density at radius 3 is 2.69 bits per heavy atom. The van der Waals surface area contributed by atoms with Gasteiger partial charge >= 0.3 is 5.97 Å². The van der Waals surface area contributed by atoms with E-state index in [2.05, 4.69) is 4.74 Å². The van der Waals surface area contributed by atoms with Crippen molar-refractivity contribution in [1.29, 1.82) is 0 Å². The zero-order chi connectivity index (χ0) is 9.52. The van der Waals surface area contributed by atoms with E-state index in [0.29, 0.717) is 19.1 Å². The second-order valence-corrected chi connectivity index (χ2v) is 3.46. The van der Waals surface area contributed by atoms with Crippen LogP contribution in [0.25, 0.3) is 0 Å². The third kappa shape index (κ3) is 4.27. The van der Waals surface area contributed by atoms with E-state index in [9.17, 15) is 4.79 Å². The fourth-order valence-corrected chi connectivity index (χ4v) is 1.62. The highest BCUT2D eigenvalue weighted by atomic mass is 16.5. The summed E-state index contributed by atoms with van der Waals surface area (Å²) in [4.78, 5) is 10.7. The van der Waals surface area contributed by atoms with Crippen LogP contribution in [0.1, 0.15) is 38.5 Å². The van der Waals surface area contributed by atoms with Gasteiger partial charge in [0.1, 0.15) is 0 Å². The van der Waals surface area contributed by atoms with E-state index in [-0.39, 0.29) is 5.97 Å². The predicted molar refractivity (Wildman–Crippen MR) is 49.5 cm³/mol. The van der Waals surface area contributed by atoms with Gasteiger partial charge in [-0.1, -0.05) is 12.8 Å². The molecule has 1 aliphatic carbocycles. The average Bonchev–Trinajstić information content (AvgIpc) is 2.64. The molecular formula is C10H18O3. The maximum Gasteiger partial charge on any atom is 0.305 e. The molecule has 0 aromatic heterocycles.